The highest BCUT2D eigenvalue weighted by Gasteiger charge is 2.14. The first-order chi connectivity index (χ1) is 15.3. The van der Waals surface area contributed by atoms with Crippen molar-refractivity contribution in [1.82, 2.24) is 10.6 Å². The molecular formula is C18H26N4O4S6. The molecule has 0 saturated heterocycles. The summed E-state index contributed by atoms with van der Waals surface area (Å²) in [5.41, 5.74) is 12.0. The molecule has 1 aromatic carbocycles. The molecule has 1 aromatic rings. The second kappa shape index (κ2) is 17.0. The van der Waals surface area contributed by atoms with Gasteiger partial charge in [0.15, 0.2) is 0 Å². The number of nitrogens with one attached hydrogen (secondary N) is 2. The van der Waals surface area contributed by atoms with Crippen molar-refractivity contribution in [2.45, 2.75) is 12.1 Å². The molecule has 0 fully saturated rings. The van der Waals surface area contributed by atoms with Crippen molar-refractivity contribution in [2.24, 2.45) is 11.5 Å². The van der Waals surface area contributed by atoms with Crippen molar-refractivity contribution >= 4 is 90.5 Å². The van der Waals surface area contributed by atoms with Gasteiger partial charge in [0, 0.05) is 47.2 Å². The number of rotatable bonds is 14. The minimum Gasteiger partial charge on any atom is -0.351 e. The minimum absolute atomic E-state index is 0.145. The first kappa shape index (κ1) is 29.6. The second-order valence-corrected chi connectivity index (χ2v) is 11.7. The molecule has 2 amide bonds. The van der Waals surface area contributed by atoms with E-state index < -0.39 is 12.1 Å². The van der Waals surface area contributed by atoms with Crippen molar-refractivity contribution in [3.8, 4) is 0 Å². The van der Waals surface area contributed by atoms with Gasteiger partial charge in [-0.15, -0.1) is 0 Å². The lowest BCUT2D eigenvalue weighted by Gasteiger charge is -2.08. The average Bonchev–Trinajstić information content (AvgIpc) is 2.81. The van der Waals surface area contributed by atoms with Crippen molar-refractivity contribution in [3.63, 3.8) is 0 Å². The smallest absolute Gasteiger partial charge is 0.251 e. The molecule has 0 aliphatic rings. The Morgan fingerprint density at radius 1 is 0.750 bits per heavy atom. The fraction of sp³-hybridized carbons (Fsp3) is 0.444. The first-order valence-corrected chi connectivity index (χ1v) is 15.3. The van der Waals surface area contributed by atoms with Crippen molar-refractivity contribution < 1.29 is 19.2 Å². The van der Waals surface area contributed by atoms with Crippen molar-refractivity contribution in [3.05, 3.63) is 35.4 Å². The van der Waals surface area contributed by atoms with Gasteiger partial charge >= 0.3 is 0 Å². The number of hydrogen-bond acceptors (Lipinski definition) is 12. The maximum absolute atomic E-state index is 12.2. The zero-order valence-corrected chi connectivity index (χ0v) is 22.1. The van der Waals surface area contributed by atoms with E-state index in [0.29, 0.717) is 47.2 Å². The van der Waals surface area contributed by atoms with E-state index in [4.69, 9.17) is 11.5 Å². The highest BCUT2D eigenvalue weighted by atomic mass is 33.1. The molecular weight excluding hydrogens is 529 g/mol. The topological polar surface area (TPSA) is 144 Å². The SMILES string of the molecule is N[C@@H](CS)C(=O)SSCCNC(=O)c1ccc(C(=O)NCCSSC(=O)[C@@H](N)CS)cc1. The standard InChI is InChI=1S/C18H26N4O4S6/c19-13(9-27)17(25)31-29-7-5-21-15(23)11-1-2-12(4-3-11)16(24)22-6-8-30-32-18(26)14(20)10-28/h1-4,13-14,27-28H,5-10,19-20H2,(H,21,23)(H,22,24)/t13-,14-/m0/s1. The predicted molar refractivity (Wildman–Crippen MR) is 145 cm³/mol. The van der Waals surface area contributed by atoms with Crippen LogP contribution < -0.4 is 22.1 Å². The highest BCUT2D eigenvalue weighted by molar-refractivity contribution is 8.82. The Hall–Kier alpha value is -0.480. The van der Waals surface area contributed by atoms with E-state index in [1.807, 2.05) is 0 Å². The molecule has 14 heteroatoms. The normalized spacial score (nSPS) is 12.6. The van der Waals surface area contributed by atoms with Gasteiger partial charge < -0.3 is 22.1 Å². The molecule has 0 aliphatic heterocycles. The second-order valence-electron chi connectivity index (χ2n) is 6.12. The molecule has 8 nitrogen and oxygen atoms in total. The zero-order chi connectivity index (χ0) is 23.9. The van der Waals surface area contributed by atoms with E-state index in [1.165, 1.54) is 21.6 Å². The number of carbonyl (C=O) groups excluding carboxylic acids is 4. The van der Waals surface area contributed by atoms with Crippen LogP contribution in [0.3, 0.4) is 0 Å². The first-order valence-electron chi connectivity index (χ1n) is 9.36. The van der Waals surface area contributed by atoms with Crippen LogP contribution in [0.1, 0.15) is 20.7 Å². The fourth-order valence-electron chi connectivity index (χ4n) is 1.86. The van der Waals surface area contributed by atoms with Crippen LogP contribution in [0.4, 0.5) is 0 Å². The summed E-state index contributed by atoms with van der Waals surface area (Å²) < 4.78 is 0. The Balaban J connectivity index is 2.28. The maximum Gasteiger partial charge on any atom is 0.251 e. The summed E-state index contributed by atoms with van der Waals surface area (Å²) in [6.07, 6.45) is 0. The van der Waals surface area contributed by atoms with E-state index in [-0.39, 0.29) is 22.0 Å². The van der Waals surface area contributed by atoms with Crippen LogP contribution in [-0.2, 0) is 9.59 Å². The molecule has 0 bridgehead atoms. The molecule has 0 radical (unpaired) electrons. The van der Waals surface area contributed by atoms with Gasteiger partial charge in [-0.25, -0.2) is 0 Å². The molecule has 0 aliphatic carbocycles. The number of benzene rings is 1. The summed E-state index contributed by atoms with van der Waals surface area (Å²) in [6, 6.07) is 5.11. The van der Waals surface area contributed by atoms with Gasteiger partial charge in [0.2, 0.25) is 10.2 Å². The maximum atomic E-state index is 12.2. The van der Waals surface area contributed by atoms with Crippen LogP contribution in [0.5, 0.6) is 0 Å². The average molecular weight is 555 g/mol. The Morgan fingerprint density at radius 3 is 1.41 bits per heavy atom. The van der Waals surface area contributed by atoms with Crippen LogP contribution in [0.15, 0.2) is 24.3 Å². The predicted octanol–water partition coefficient (Wildman–Crippen LogP) is 1.48. The number of carbonyl (C=O) groups is 4. The van der Waals surface area contributed by atoms with Gasteiger partial charge in [-0.05, 0) is 45.9 Å². The quantitative estimate of drug-likeness (QED) is 0.114. The van der Waals surface area contributed by atoms with Crippen LogP contribution in [-0.4, -0.2) is 70.2 Å². The number of hydrogen-bond donors (Lipinski definition) is 6. The monoisotopic (exact) mass is 554 g/mol. The molecule has 0 aromatic heterocycles. The number of nitrogens with two attached hydrogens (primary N) is 2. The summed E-state index contributed by atoms with van der Waals surface area (Å²) in [4.78, 5) is 47.5. The lowest BCUT2D eigenvalue weighted by atomic mass is 10.1. The molecule has 32 heavy (non-hydrogen) atoms. The summed E-state index contributed by atoms with van der Waals surface area (Å²) in [6.45, 7) is 0.776. The Labute approximate surface area is 214 Å². The molecule has 1 rings (SSSR count). The van der Waals surface area contributed by atoms with Gasteiger partial charge in [-0.3, -0.25) is 19.2 Å². The van der Waals surface area contributed by atoms with Crippen LogP contribution in [0.2, 0.25) is 0 Å². The Bertz CT molecular complexity index is 705. The highest BCUT2D eigenvalue weighted by Crippen LogP contribution is 2.23. The molecule has 2 atom stereocenters. The minimum atomic E-state index is -0.593. The number of thiol groups is 2. The largest absolute Gasteiger partial charge is 0.351 e. The lowest BCUT2D eigenvalue weighted by Crippen LogP contribution is -2.30. The summed E-state index contributed by atoms with van der Waals surface area (Å²) in [7, 11) is 4.74. The van der Waals surface area contributed by atoms with E-state index in [1.54, 1.807) is 24.3 Å². The van der Waals surface area contributed by atoms with Crippen LogP contribution in [0, 0.1) is 0 Å². The van der Waals surface area contributed by atoms with E-state index in [9.17, 15) is 19.2 Å². The summed E-state index contributed by atoms with van der Waals surface area (Å²) >= 11 is 7.95. The molecule has 0 unspecified atom stereocenters. The zero-order valence-electron chi connectivity index (χ0n) is 17.0. The third-order valence-corrected chi connectivity index (χ3v) is 9.02. The van der Waals surface area contributed by atoms with Gasteiger partial charge in [0.1, 0.15) is 0 Å². The molecule has 0 saturated carbocycles. The molecule has 178 valence electrons. The van der Waals surface area contributed by atoms with Gasteiger partial charge in [-0.1, -0.05) is 21.6 Å². The summed E-state index contributed by atoms with van der Waals surface area (Å²) in [5, 5.41) is 5.22. The van der Waals surface area contributed by atoms with Crippen molar-refractivity contribution in [2.75, 3.05) is 36.1 Å². The van der Waals surface area contributed by atoms with E-state index in [0.717, 1.165) is 21.6 Å². The Kier molecular flexibility index (Phi) is 15.7. The van der Waals surface area contributed by atoms with E-state index in [2.05, 4.69) is 35.9 Å². The fourth-order valence-corrected chi connectivity index (χ4v) is 6.06. The van der Waals surface area contributed by atoms with Crippen LogP contribution >= 0.6 is 68.4 Å². The molecule has 6 N–H and O–H groups in total. The van der Waals surface area contributed by atoms with Crippen molar-refractivity contribution in [1.29, 1.82) is 0 Å². The van der Waals surface area contributed by atoms with Gasteiger partial charge in [0.05, 0.1) is 12.1 Å². The molecule has 0 heterocycles. The Morgan fingerprint density at radius 2 is 1.09 bits per heavy atom. The third kappa shape index (κ3) is 11.6. The lowest BCUT2D eigenvalue weighted by molar-refractivity contribution is -0.112. The van der Waals surface area contributed by atoms with Gasteiger partial charge in [0.25, 0.3) is 11.8 Å². The number of amides is 2. The summed E-state index contributed by atoms with van der Waals surface area (Å²) in [5.74, 6) is 1.15. The third-order valence-electron chi connectivity index (χ3n) is 3.63. The molecule has 0 spiro atoms. The van der Waals surface area contributed by atoms with Gasteiger partial charge in [-0.2, -0.15) is 25.3 Å². The van der Waals surface area contributed by atoms with E-state index >= 15 is 0 Å². The van der Waals surface area contributed by atoms with Crippen LogP contribution in [0.25, 0.3) is 0 Å².